The third-order valence-corrected chi connectivity index (χ3v) is 3.54. The number of alkyl halides is 3. The van der Waals surface area contributed by atoms with Crippen molar-refractivity contribution < 1.29 is 17.9 Å². The normalized spacial score (nSPS) is 11.6. The molecule has 0 unspecified atom stereocenters. The molecular formula is C20H20F3NO. The van der Waals surface area contributed by atoms with Gasteiger partial charge in [0.25, 0.3) is 0 Å². The molecule has 0 aliphatic carbocycles. The highest BCUT2D eigenvalue weighted by molar-refractivity contribution is 5.81. The maximum atomic E-state index is 12.1. The molecule has 0 heterocycles. The van der Waals surface area contributed by atoms with Gasteiger partial charge in [0, 0.05) is 6.21 Å². The monoisotopic (exact) mass is 347 g/mol. The van der Waals surface area contributed by atoms with Crippen LogP contribution < -0.4 is 4.74 Å². The lowest BCUT2D eigenvalue weighted by atomic mass is 10.1. The van der Waals surface area contributed by atoms with Crippen molar-refractivity contribution in [3.63, 3.8) is 0 Å². The van der Waals surface area contributed by atoms with Crippen LogP contribution in [-0.4, -0.2) is 12.6 Å². The molecule has 0 radical (unpaired) electrons. The fourth-order valence-electron chi connectivity index (χ4n) is 2.27. The van der Waals surface area contributed by atoms with Gasteiger partial charge in [-0.2, -0.15) is 0 Å². The minimum Gasteiger partial charge on any atom is -0.406 e. The third-order valence-electron chi connectivity index (χ3n) is 3.54. The number of hydrogen-bond acceptors (Lipinski definition) is 2. The van der Waals surface area contributed by atoms with Crippen LogP contribution in [0.25, 0.3) is 0 Å². The maximum Gasteiger partial charge on any atom is 0.573 e. The Morgan fingerprint density at radius 2 is 1.64 bits per heavy atom. The molecule has 0 aliphatic heterocycles. The smallest absolute Gasteiger partial charge is 0.406 e. The van der Waals surface area contributed by atoms with E-state index in [9.17, 15) is 13.2 Å². The average Bonchev–Trinajstić information content (AvgIpc) is 2.58. The summed E-state index contributed by atoms with van der Waals surface area (Å²) in [6.45, 7) is 3.71. The van der Waals surface area contributed by atoms with Crippen molar-refractivity contribution in [3.05, 3.63) is 72.3 Å². The van der Waals surface area contributed by atoms with Crippen molar-refractivity contribution in [2.75, 3.05) is 0 Å². The molecule has 0 atom stereocenters. The number of hydrogen-bond donors (Lipinski definition) is 0. The second-order valence-electron chi connectivity index (χ2n) is 5.58. The molecule has 0 saturated carbocycles. The number of rotatable bonds is 8. The van der Waals surface area contributed by atoms with Crippen molar-refractivity contribution in [1.82, 2.24) is 0 Å². The van der Waals surface area contributed by atoms with Crippen molar-refractivity contribution in [3.8, 4) is 5.75 Å². The van der Waals surface area contributed by atoms with E-state index in [4.69, 9.17) is 0 Å². The van der Waals surface area contributed by atoms with Crippen molar-refractivity contribution in [1.29, 1.82) is 0 Å². The fourth-order valence-corrected chi connectivity index (χ4v) is 2.27. The number of benzene rings is 2. The van der Waals surface area contributed by atoms with E-state index in [2.05, 4.69) is 28.4 Å². The summed E-state index contributed by atoms with van der Waals surface area (Å²) in [4.78, 5) is 4.26. The largest absolute Gasteiger partial charge is 0.573 e. The van der Waals surface area contributed by atoms with Gasteiger partial charge in [0.2, 0.25) is 0 Å². The molecule has 2 aromatic rings. The van der Waals surface area contributed by atoms with E-state index in [1.165, 1.54) is 29.8 Å². The highest BCUT2D eigenvalue weighted by atomic mass is 19.4. The van der Waals surface area contributed by atoms with Crippen LogP contribution in [0.1, 0.15) is 30.4 Å². The van der Waals surface area contributed by atoms with Crippen molar-refractivity contribution in [2.24, 2.45) is 4.99 Å². The van der Waals surface area contributed by atoms with Crippen LogP contribution in [0.3, 0.4) is 0 Å². The Morgan fingerprint density at radius 3 is 2.24 bits per heavy atom. The number of aryl methyl sites for hydroxylation is 1. The van der Waals surface area contributed by atoms with Gasteiger partial charge in [-0.05, 0) is 61.1 Å². The van der Waals surface area contributed by atoms with E-state index in [0.717, 1.165) is 31.2 Å². The summed E-state index contributed by atoms with van der Waals surface area (Å²) in [5.41, 5.74) is 2.77. The Labute approximate surface area is 145 Å². The predicted molar refractivity (Wildman–Crippen MR) is 94.6 cm³/mol. The Morgan fingerprint density at radius 1 is 0.960 bits per heavy atom. The lowest BCUT2D eigenvalue weighted by Gasteiger charge is -2.08. The minimum atomic E-state index is -4.68. The molecule has 0 N–H and O–H groups in total. The van der Waals surface area contributed by atoms with Crippen LogP contribution in [0, 0.1) is 0 Å². The molecule has 2 rings (SSSR count). The van der Waals surface area contributed by atoms with Crippen molar-refractivity contribution >= 4 is 11.9 Å². The zero-order valence-electron chi connectivity index (χ0n) is 13.8. The molecule has 132 valence electrons. The third kappa shape index (κ3) is 7.25. The molecule has 0 aliphatic rings. The van der Waals surface area contributed by atoms with Gasteiger partial charge >= 0.3 is 6.36 Å². The van der Waals surface area contributed by atoms with Gasteiger partial charge < -0.3 is 4.74 Å². The summed E-state index contributed by atoms with van der Waals surface area (Å²) in [5, 5.41) is 0. The van der Waals surface area contributed by atoms with E-state index >= 15 is 0 Å². The van der Waals surface area contributed by atoms with Gasteiger partial charge in [-0.1, -0.05) is 30.3 Å². The molecule has 2 aromatic carbocycles. The van der Waals surface area contributed by atoms with Gasteiger partial charge in [-0.3, -0.25) is 4.99 Å². The zero-order chi connectivity index (χ0) is 18.1. The second kappa shape index (κ2) is 9.06. The first-order valence-corrected chi connectivity index (χ1v) is 8.06. The van der Waals surface area contributed by atoms with E-state index in [-0.39, 0.29) is 5.75 Å². The predicted octanol–water partition coefficient (Wildman–Crippen LogP) is 6.23. The highest BCUT2D eigenvalue weighted by Gasteiger charge is 2.30. The van der Waals surface area contributed by atoms with E-state index < -0.39 is 6.36 Å². The zero-order valence-corrected chi connectivity index (χ0v) is 13.8. The summed E-state index contributed by atoms with van der Waals surface area (Å²) < 4.78 is 40.1. The van der Waals surface area contributed by atoms with Gasteiger partial charge in [0.15, 0.2) is 0 Å². The van der Waals surface area contributed by atoms with Crippen molar-refractivity contribution in [2.45, 2.75) is 32.0 Å². The molecule has 0 bridgehead atoms. The van der Waals surface area contributed by atoms with Gasteiger partial charge in [-0.25, -0.2) is 0 Å². The fraction of sp³-hybridized carbons (Fsp3) is 0.250. The number of nitrogens with zero attached hydrogens (tertiary/aromatic N) is 1. The van der Waals surface area contributed by atoms with Gasteiger partial charge in [-0.15, -0.1) is 19.8 Å². The molecule has 2 nitrogen and oxygen atoms in total. The Balaban J connectivity index is 1.89. The van der Waals surface area contributed by atoms with Crippen LogP contribution in [0.15, 0.2) is 66.2 Å². The lowest BCUT2D eigenvalue weighted by molar-refractivity contribution is -0.274. The van der Waals surface area contributed by atoms with E-state index in [0.29, 0.717) is 5.69 Å². The molecular weight excluding hydrogens is 327 g/mol. The number of aliphatic imine (C=N–C) groups is 1. The number of halogens is 3. The summed E-state index contributed by atoms with van der Waals surface area (Å²) in [6.07, 6.45) is 3.27. The van der Waals surface area contributed by atoms with Gasteiger partial charge in [0.05, 0.1) is 5.69 Å². The topological polar surface area (TPSA) is 21.6 Å². The first kappa shape index (κ1) is 18.8. The molecule has 0 fully saturated rings. The van der Waals surface area contributed by atoms with Crippen LogP contribution in [-0.2, 0) is 6.42 Å². The Kier molecular flexibility index (Phi) is 6.81. The molecule has 0 amide bonds. The SMILES string of the molecule is C=CCCCCc1ccc(C=Nc2ccc(OC(F)(F)F)cc2)cc1. The Bertz CT molecular complexity index is 688. The first-order chi connectivity index (χ1) is 12.0. The quantitative estimate of drug-likeness (QED) is 0.315. The van der Waals surface area contributed by atoms with E-state index in [1.54, 1.807) is 6.21 Å². The standard InChI is InChI=1S/C20H20F3NO/c1-2-3-4-5-6-16-7-9-17(10-8-16)15-24-18-11-13-19(14-12-18)25-20(21,22)23/h2,7-15H,1,3-6H2. The van der Waals surface area contributed by atoms with Crippen LogP contribution in [0.2, 0.25) is 0 Å². The molecule has 0 saturated heterocycles. The summed E-state index contributed by atoms with van der Waals surface area (Å²) >= 11 is 0. The second-order valence-corrected chi connectivity index (χ2v) is 5.58. The molecule has 5 heteroatoms. The molecule has 0 aromatic heterocycles. The van der Waals surface area contributed by atoms with Gasteiger partial charge in [0.1, 0.15) is 5.75 Å². The maximum absolute atomic E-state index is 12.1. The summed E-state index contributed by atoms with van der Waals surface area (Å²) in [7, 11) is 0. The first-order valence-electron chi connectivity index (χ1n) is 8.06. The molecule has 25 heavy (non-hydrogen) atoms. The van der Waals surface area contributed by atoms with Crippen LogP contribution in [0.4, 0.5) is 18.9 Å². The Hall–Kier alpha value is -2.56. The molecule has 0 spiro atoms. The summed E-state index contributed by atoms with van der Waals surface area (Å²) in [5.74, 6) is -0.257. The van der Waals surface area contributed by atoms with Crippen LogP contribution in [0.5, 0.6) is 5.75 Å². The van der Waals surface area contributed by atoms with E-state index in [1.807, 2.05) is 18.2 Å². The summed E-state index contributed by atoms with van der Waals surface area (Å²) in [6, 6.07) is 13.5. The lowest BCUT2D eigenvalue weighted by Crippen LogP contribution is -2.16. The minimum absolute atomic E-state index is 0.257. The number of ether oxygens (including phenoxy) is 1. The highest BCUT2D eigenvalue weighted by Crippen LogP contribution is 2.24. The number of allylic oxidation sites excluding steroid dienone is 1. The number of unbranched alkanes of at least 4 members (excludes halogenated alkanes) is 2. The average molecular weight is 347 g/mol. The van der Waals surface area contributed by atoms with Crippen LogP contribution >= 0.6 is 0 Å².